The average molecular weight is 251 g/mol. The van der Waals surface area contributed by atoms with Gasteiger partial charge in [0.25, 0.3) is 5.92 Å². The van der Waals surface area contributed by atoms with Crippen molar-refractivity contribution >= 4 is 0 Å². The van der Waals surface area contributed by atoms with E-state index < -0.39 is 18.5 Å². The Hall–Kier alpha value is -1.51. The number of hydrogen-bond acceptors (Lipinski definition) is 3. The van der Waals surface area contributed by atoms with Crippen molar-refractivity contribution in [1.82, 2.24) is 10.2 Å². The van der Waals surface area contributed by atoms with Crippen LogP contribution in [0, 0.1) is 11.3 Å². The number of piperazine rings is 1. The quantitative estimate of drug-likeness (QED) is 0.886. The summed E-state index contributed by atoms with van der Waals surface area (Å²) in [6, 6.07) is 9.33. The number of hydrogen-bond donors (Lipinski definition) is 1. The van der Waals surface area contributed by atoms with Gasteiger partial charge < -0.3 is 5.32 Å². The molecule has 0 spiro atoms. The zero-order valence-corrected chi connectivity index (χ0v) is 9.94. The lowest BCUT2D eigenvalue weighted by Crippen LogP contribution is -2.53. The monoisotopic (exact) mass is 251 g/mol. The van der Waals surface area contributed by atoms with E-state index in [0.29, 0.717) is 19.6 Å². The molecule has 1 unspecified atom stereocenters. The summed E-state index contributed by atoms with van der Waals surface area (Å²) in [7, 11) is 0. The van der Waals surface area contributed by atoms with Crippen LogP contribution in [-0.2, 0) is 5.92 Å². The number of rotatable bonds is 3. The average Bonchev–Trinajstić information content (AvgIpc) is 2.40. The lowest BCUT2D eigenvalue weighted by atomic mass is 10.1. The zero-order valence-electron chi connectivity index (χ0n) is 9.94. The Kier molecular flexibility index (Phi) is 3.90. The molecule has 3 nitrogen and oxygen atoms in total. The van der Waals surface area contributed by atoms with Crippen LogP contribution < -0.4 is 5.32 Å². The van der Waals surface area contributed by atoms with Gasteiger partial charge in [-0.15, -0.1) is 0 Å². The second kappa shape index (κ2) is 5.42. The molecule has 0 amide bonds. The van der Waals surface area contributed by atoms with E-state index in [-0.39, 0.29) is 5.56 Å². The van der Waals surface area contributed by atoms with Crippen molar-refractivity contribution < 1.29 is 8.78 Å². The molecule has 1 atom stereocenters. The molecule has 1 saturated heterocycles. The van der Waals surface area contributed by atoms with Crippen molar-refractivity contribution in [2.75, 3.05) is 26.2 Å². The first-order valence-corrected chi connectivity index (χ1v) is 5.91. The maximum absolute atomic E-state index is 14.1. The van der Waals surface area contributed by atoms with E-state index >= 15 is 0 Å². The molecular formula is C13H15F2N3. The molecule has 1 aromatic carbocycles. The van der Waals surface area contributed by atoms with Gasteiger partial charge in [-0.3, -0.25) is 4.90 Å². The minimum Gasteiger partial charge on any atom is -0.313 e. The first-order valence-electron chi connectivity index (χ1n) is 5.91. The Balaban J connectivity index is 2.10. The number of nitrogens with one attached hydrogen (secondary N) is 1. The molecule has 96 valence electrons. The number of nitriles is 1. The van der Waals surface area contributed by atoms with Crippen molar-refractivity contribution in [2.45, 2.75) is 12.0 Å². The molecule has 1 fully saturated rings. The second-order valence-corrected chi connectivity index (χ2v) is 4.39. The summed E-state index contributed by atoms with van der Waals surface area (Å²) in [5.41, 5.74) is 0.000206. The molecule has 1 heterocycles. The summed E-state index contributed by atoms with van der Waals surface area (Å²) in [5.74, 6) is -2.92. The molecular weight excluding hydrogens is 236 g/mol. The molecule has 0 bridgehead atoms. The molecule has 0 radical (unpaired) electrons. The minimum atomic E-state index is -2.92. The number of alkyl halides is 2. The highest BCUT2D eigenvalue weighted by Crippen LogP contribution is 2.29. The minimum absolute atomic E-state index is 0.000206. The van der Waals surface area contributed by atoms with Gasteiger partial charge in [0, 0.05) is 25.2 Å². The number of halogens is 2. The molecule has 1 aliphatic rings. The van der Waals surface area contributed by atoms with E-state index in [9.17, 15) is 8.78 Å². The fourth-order valence-electron chi connectivity index (χ4n) is 2.09. The smallest absolute Gasteiger partial charge is 0.285 e. The van der Waals surface area contributed by atoms with Gasteiger partial charge in [-0.05, 0) is 0 Å². The second-order valence-electron chi connectivity index (χ2n) is 4.39. The van der Waals surface area contributed by atoms with Gasteiger partial charge in [0.05, 0.1) is 12.6 Å². The van der Waals surface area contributed by atoms with E-state index in [1.54, 1.807) is 23.1 Å². The van der Waals surface area contributed by atoms with E-state index in [1.807, 2.05) is 0 Å². The summed E-state index contributed by atoms with van der Waals surface area (Å²) >= 11 is 0. The van der Waals surface area contributed by atoms with Crippen LogP contribution in [0.4, 0.5) is 8.78 Å². The number of benzene rings is 1. The van der Waals surface area contributed by atoms with Crippen LogP contribution in [0.2, 0.25) is 0 Å². The van der Waals surface area contributed by atoms with Gasteiger partial charge in [-0.2, -0.15) is 14.0 Å². The van der Waals surface area contributed by atoms with E-state index in [4.69, 9.17) is 5.26 Å². The Morgan fingerprint density at radius 3 is 2.78 bits per heavy atom. The lowest BCUT2D eigenvalue weighted by molar-refractivity contribution is -0.0463. The molecule has 5 heteroatoms. The van der Waals surface area contributed by atoms with Crippen molar-refractivity contribution in [3.8, 4) is 6.07 Å². The number of nitrogens with zero attached hydrogens (tertiary/aromatic N) is 2. The topological polar surface area (TPSA) is 39.1 Å². The molecule has 18 heavy (non-hydrogen) atoms. The van der Waals surface area contributed by atoms with Crippen LogP contribution in [0.1, 0.15) is 5.56 Å². The molecule has 1 aromatic rings. The molecule has 2 rings (SSSR count). The van der Waals surface area contributed by atoms with Crippen molar-refractivity contribution in [3.63, 3.8) is 0 Å². The summed E-state index contributed by atoms with van der Waals surface area (Å²) < 4.78 is 28.2. The van der Waals surface area contributed by atoms with Crippen LogP contribution in [-0.4, -0.2) is 37.1 Å². The third kappa shape index (κ3) is 2.84. The normalized spacial score (nSPS) is 21.5. The summed E-state index contributed by atoms with van der Waals surface area (Å²) in [6.07, 6.45) is 0. The van der Waals surface area contributed by atoms with Gasteiger partial charge in [-0.25, -0.2) is 0 Å². The fourth-order valence-corrected chi connectivity index (χ4v) is 2.09. The lowest BCUT2D eigenvalue weighted by Gasteiger charge is -2.34. The highest BCUT2D eigenvalue weighted by Gasteiger charge is 2.36. The molecule has 1 N–H and O–H groups in total. The standard InChI is InChI=1S/C13H15F2N3/c14-13(15,11-4-2-1-3-5-11)10-18-7-6-17-9-12(18)8-16/h1-5,12,17H,6-7,9-10H2. The van der Waals surface area contributed by atoms with Crippen LogP contribution in [0.25, 0.3) is 0 Å². The van der Waals surface area contributed by atoms with E-state index in [0.717, 1.165) is 0 Å². The Morgan fingerprint density at radius 1 is 1.39 bits per heavy atom. The fraction of sp³-hybridized carbons (Fsp3) is 0.462. The largest absolute Gasteiger partial charge is 0.313 e. The third-order valence-corrected chi connectivity index (χ3v) is 3.10. The summed E-state index contributed by atoms with van der Waals surface area (Å²) in [4.78, 5) is 1.55. The molecule has 0 saturated carbocycles. The van der Waals surface area contributed by atoms with Gasteiger partial charge in [0.15, 0.2) is 0 Å². The predicted octanol–water partition coefficient (Wildman–Crippen LogP) is 1.58. The third-order valence-electron chi connectivity index (χ3n) is 3.10. The molecule has 1 aliphatic heterocycles. The maximum atomic E-state index is 14.1. The SMILES string of the molecule is N#CC1CNCCN1CC(F)(F)c1ccccc1. The highest BCUT2D eigenvalue weighted by molar-refractivity contribution is 5.20. The van der Waals surface area contributed by atoms with Gasteiger partial charge >= 0.3 is 0 Å². The maximum Gasteiger partial charge on any atom is 0.285 e. The molecule has 0 aromatic heterocycles. The van der Waals surface area contributed by atoms with Gasteiger partial charge in [0.2, 0.25) is 0 Å². The van der Waals surface area contributed by atoms with Crippen molar-refractivity contribution in [3.05, 3.63) is 35.9 Å². The van der Waals surface area contributed by atoms with Gasteiger partial charge in [-0.1, -0.05) is 30.3 Å². The predicted molar refractivity (Wildman–Crippen MR) is 64.2 cm³/mol. The van der Waals surface area contributed by atoms with E-state index in [1.165, 1.54) is 12.1 Å². The van der Waals surface area contributed by atoms with Crippen molar-refractivity contribution in [2.24, 2.45) is 0 Å². The Morgan fingerprint density at radius 2 is 2.11 bits per heavy atom. The summed E-state index contributed by atoms with van der Waals surface area (Å²) in [6.45, 7) is 1.15. The summed E-state index contributed by atoms with van der Waals surface area (Å²) in [5, 5.41) is 12.0. The highest BCUT2D eigenvalue weighted by atomic mass is 19.3. The zero-order chi connectivity index (χ0) is 13.0. The first kappa shape index (κ1) is 12.9. The Bertz CT molecular complexity index is 428. The van der Waals surface area contributed by atoms with Crippen LogP contribution >= 0.6 is 0 Å². The Labute approximate surface area is 105 Å². The van der Waals surface area contributed by atoms with Crippen LogP contribution in [0.5, 0.6) is 0 Å². The van der Waals surface area contributed by atoms with Gasteiger partial charge in [0.1, 0.15) is 6.04 Å². The van der Waals surface area contributed by atoms with E-state index in [2.05, 4.69) is 11.4 Å². The first-order chi connectivity index (χ1) is 8.63. The molecule has 0 aliphatic carbocycles. The van der Waals surface area contributed by atoms with Crippen LogP contribution in [0.3, 0.4) is 0 Å². The van der Waals surface area contributed by atoms with Crippen LogP contribution in [0.15, 0.2) is 30.3 Å². The van der Waals surface area contributed by atoms with Crippen molar-refractivity contribution in [1.29, 1.82) is 5.26 Å².